The van der Waals surface area contributed by atoms with Crippen molar-refractivity contribution in [3.8, 4) is 0 Å². The lowest BCUT2D eigenvalue weighted by atomic mass is 9.98. The van der Waals surface area contributed by atoms with Crippen molar-refractivity contribution < 1.29 is 9.47 Å². The SMILES string of the molecule is CC(CI)(OC1COC1)c1ccccc1. The maximum Gasteiger partial charge on any atom is 0.105 e. The predicted octanol–water partition coefficient (Wildman–Crippen LogP) is 2.75. The Bertz CT molecular complexity index is 311. The molecule has 0 aromatic heterocycles. The molecule has 1 aromatic carbocycles. The third-order valence-corrected chi connectivity index (χ3v) is 4.13. The van der Waals surface area contributed by atoms with Crippen molar-refractivity contribution in [3.63, 3.8) is 0 Å². The van der Waals surface area contributed by atoms with Gasteiger partial charge in [0.25, 0.3) is 0 Å². The van der Waals surface area contributed by atoms with Crippen molar-refractivity contribution in [1.82, 2.24) is 0 Å². The lowest BCUT2D eigenvalue weighted by Gasteiger charge is -2.37. The number of hydrogen-bond acceptors (Lipinski definition) is 2. The maximum atomic E-state index is 6.08. The van der Waals surface area contributed by atoms with E-state index in [2.05, 4.69) is 53.8 Å². The summed E-state index contributed by atoms with van der Waals surface area (Å²) in [7, 11) is 0. The topological polar surface area (TPSA) is 18.5 Å². The summed E-state index contributed by atoms with van der Waals surface area (Å²) in [4.78, 5) is 0. The van der Waals surface area contributed by atoms with E-state index in [1.165, 1.54) is 5.56 Å². The molecule has 1 unspecified atom stereocenters. The fourth-order valence-corrected chi connectivity index (χ4v) is 2.24. The lowest BCUT2D eigenvalue weighted by Crippen LogP contribution is -2.43. The Labute approximate surface area is 104 Å². The Balaban J connectivity index is 2.12. The molecule has 3 heteroatoms. The Hall–Kier alpha value is -0.130. The second-order valence-corrected chi connectivity index (χ2v) is 4.77. The van der Waals surface area contributed by atoms with Gasteiger partial charge in [0.2, 0.25) is 0 Å². The number of alkyl halides is 1. The summed E-state index contributed by atoms with van der Waals surface area (Å²) >= 11 is 2.38. The zero-order valence-electron chi connectivity index (χ0n) is 8.78. The summed E-state index contributed by atoms with van der Waals surface area (Å²) in [6.45, 7) is 3.62. The minimum absolute atomic E-state index is 0.184. The van der Waals surface area contributed by atoms with E-state index < -0.39 is 0 Å². The highest BCUT2D eigenvalue weighted by molar-refractivity contribution is 14.1. The average molecular weight is 318 g/mol. The van der Waals surface area contributed by atoms with Crippen LogP contribution in [-0.2, 0) is 15.1 Å². The normalized spacial score (nSPS) is 20.7. The molecule has 0 saturated carbocycles. The van der Waals surface area contributed by atoms with Gasteiger partial charge in [0, 0.05) is 4.43 Å². The summed E-state index contributed by atoms with van der Waals surface area (Å²) in [6.07, 6.45) is 0.268. The monoisotopic (exact) mass is 318 g/mol. The van der Waals surface area contributed by atoms with Gasteiger partial charge in [-0.1, -0.05) is 52.9 Å². The second kappa shape index (κ2) is 4.80. The number of hydrogen-bond donors (Lipinski definition) is 0. The van der Waals surface area contributed by atoms with Crippen LogP contribution in [-0.4, -0.2) is 23.7 Å². The zero-order valence-corrected chi connectivity index (χ0v) is 10.9. The van der Waals surface area contributed by atoms with Crippen molar-refractivity contribution in [1.29, 1.82) is 0 Å². The number of ether oxygens (including phenoxy) is 2. The van der Waals surface area contributed by atoms with Gasteiger partial charge in [-0.05, 0) is 12.5 Å². The number of benzene rings is 1. The van der Waals surface area contributed by atoms with Gasteiger partial charge in [-0.3, -0.25) is 0 Å². The Morgan fingerprint density at radius 2 is 2.07 bits per heavy atom. The molecule has 2 nitrogen and oxygen atoms in total. The van der Waals surface area contributed by atoms with E-state index in [0.717, 1.165) is 17.6 Å². The van der Waals surface area contributed by atoms with Gasteiger partial charge in [-0.25, -0.2) is 0 Å². The first-order chi connectivity index (χ1) is 7.24. The molecule has 2 rings (SSSR count). The summed E-state index contributed by atoms with van der Waals surface area (Å²) in [6, 6.07) is 10.4. The van der Waals surface area contributed by atoms with Gasteiger partial charge in [0.05, 0.1) is 18.8 Å². The Morgan fingerprint density at radius 3 is 2.53 bits per heavy atom. The molecule has 82 valence electrons. The largest absolute Gasteiger partial charge is 0.376 e. The molecule has 0 amide bonds. The molecule has 0 spiro atoms. The van der Waals surface area contributed by atoms with Crippen LogP contribution in [0.25, 0.3) is 0 Å². The van der Waals surface area contributed by atoms with E-state index in [1.807, 2.05) is 6.07 Å². The van der Waals surface area contributed by atoms with Crippen LogP contribution in [0.1, 0.15) is 12.5 Å². The average Bonchev–Trinajstić information content (AvgIpc) is 2.24. The molecule has 0 aliphatic carbocycles. The molecular weight excluding hydrogens is 303 g/mol. The summed E-state index contributed by atoms with van der Waals surface area (Å²) in [5.41, 5.74) is 1.06. The van der Waals surface area contributed by atoms with E-state index in [9.17, 15) is 0 Å². The Morgan fingerprint density at radius 1 is 1.40 bits per heavy atom. The van der Waals surface area contributed by atoms with Crippen LogP contribution in [0.4, 0.5) is 0 Å². The van der Waals surface area contributed by atoms with E-state index in [-0.39, 0.29) is 11.7 Å². The van der Waals surface area contributed by atoms with Gasteiger partial charge < -0.3 is 9.47 Å². The standard InChI is InChI=1S/C12H15IO2/c1-12(9-13,15-11-7-14-8-11)10-5-3-2-4-6-10/h2-6,11H,7-9H2,1H3. The third kappa shape index (κ3) is 2.52. The van der Waals surface area contributed by atoms with Crippen LogP contribution < -0.4 is 0 Å². The molecule has 0 bridgehead atoms. The summed E-state index contributed by atoms with van der Waals surface area (Å²) < 4.78 is 12.2. The molecule has 1 heterocycles. The molecule has 1 fully saturated rings. The highest BCUT2D eigenvalue weighted by Crippen LogP contribution is 2.30. The molecule has 15 heavy (non-hydrogen) atoms. The van der Waals surface area contributed by atoms with E-state index in [1.54, 1.807) is 0 Å². The van der Waals surface area contributed by atoms with Crippen molar-refractivity contribution >= 4 is 22.6 Å². The van der Waals surface area contributed by atoms with E-state index in [0.29, 0.717) is 0 Å². The second-order valence-electron chi connectivity index (χ2n) is 4.01. The van der Waals surface area contributed by atoms with Crippen molar-refractivity contribution in [2.45, 2.75) is 18.6 Å². The first-order valence-corrected chi connectivity index (χ1v) is 6.64. The fraction of sp³-hybridized carbons (Fsp3) is 0.500. The number of halogens is 1. The zero-order chi connectivity index (χ0) is 10.7. The number of rotatable bonds is 4. The minimum atomic E-state index is -0.184. The van der Waals surface area contributed by atoms with Crippen LogP contribution in [0.5, 0.6) is 0 Å². The smallest absolute Gasteiger partial charge is 0.105 e. The van der Waals surface area contributed by atoms with Crippen LogP contribution in [0.15, 0.2) is 30.3 Å². The van der Waals surface area contributed by atoms with E-state index in [4.69, 9.17) is 9.47 Å². The summed E-state index contributed by atoms with van der Waals surface area (Å²) in [5.74, 6) is 0. The van der Waals surface area contributed by atoms with Gasteiger partial charge in [0.1, 0.15) is 6.10 Å². The predicted molar refractivity (Wildman–Crippen MR) is 68.4 cm³/mol. The third-order valence-electron chi connectivity index (χ3n) is 2.67. The molecule has 0 radical (unpaired) electrons. The molecule has 1 aromatic rings. The van der Waals surface area contributed by atoms with Gasteiger partial charge in [-0.2, -0.15) is 0 Å². The van der Waals surface area contributed by atoms with Gasteiger partial charge in [-0.15, -0.1) is 0 Å². The first kappa shape index (κ1) is 11.4. The Kier molecular flexibility index (Phi) is 3.64. The minimum Gasteiger partial charge on any atom is -0.376 e. The van der Waals surface area contributed by atoms with Crippen LogP contribution in [0, 0.1) is 0 Å². The van der Waals surface area contributed by atoms with Gasteiger partial charge in [0.15, 0.2) is 0 Å². The summed E-state index contributed by atoms with van der Waals surface area (Å²) in [5, 5.41) is 0. The first-order valence-electron chi connectivity index (χ1n) is 5.12. The van der Waals surface area contributed by atoms with Crippen molar-refractivity contribution in [2.75, 3.05) is 17.6 Å². The molecule has 1 aliphatic rings. The molecule has 0 N–H and O–H groups in total. The highest BCUT2D eigenvalue weighted by Gasteiger charge is 2.32. The van der Waals surface area contributed by atoms with Crippen molar-refractivity contribution in [2.24, 2.45) is 0 Å². The quantitative estimate of drug-likeness (QED) is 0.628. The molecule has 1 aliphatic heterocycles. The maximum absolute atomic E-state index is 6.08. The molecular formula is C12H15IO2. The van der Waals surface area contributed by atoms with Gasteiger partial charge >= 0.3 is 0 Å². The van der Waals surface area contributed by atoms with Crippen molar-refractivity contribution in [3.05, 3.63) is 35.9 Å². The molecule has 1 saturated heterocycles. The van der Waals surface area contributed by atoms with Crippen LogP contribution >= 0.6 is 22.6 Å². The van der Waals surface area contributed by atoms with E-state index >= 15 is 0 Å². The fourth-order valence-electron chi connectivity index (χ4n) is 1.62. The van der Waals surface area contributed by atoms with Crippen LogP contribution in [0.2, 0.25) is 0 Å². The highest BCUT2D eigenvalue weighted by atomic mass is 127. The molecule has 1 atom stereocenters. The van der Waals surface area contributed by atoms with Crippen LogP contribution in [0.3, 0.4) is 0 Å². The lowest BCUT2D eigenvalue weighted by molar-refractivity contribution is -0.183.